The first-order valence-electron chi connectivity index (χ1n) is 10.3. The van der Waals surface area contributed by atoms with Gasteiger partial charge in [0.05, 0.1) is 16.7 Å². The van der Waals surface area contributed by atoms with Crippen molar-refractivity contribution in [3.05, 3.63) is 101 Å². The summed E-state index contributed by atoms with van der Waals surface area (Å²) >= 11 is 0. The maximum Gasteiger partial charge on any atom is 0.260 e. The van der Waals surface area contributed by atoms with Crippen molar-refractivity contribution in [1.29, 1.82) is 0 Å². The summed E-state index contributed by atoms with van der Waals surface area (Å²) in [6, 6.07) is 21.6. The average molecular weight is 405 g/mol. The van der Waals surface area contributed by atoms with Gasteiger partial charge >= 0.3 is 0 Å². The predicted molar refractivity (Wildman–Crippen MR) is 122 cm³/mol. The van der Waals surface area contributed by atoms with Crippen molar-refractivity contribution in [3.63, 3.8) is 0 Å². The monoisotopic (exact) mass is 405 g/mol. The Morgan fingerprint density at radius 1 is 0.903 bits per heavy atom. The van der Waals surface area contributed by atoms with E-state index in [1.807, 2.05) is 42.5 Å². The number of pyridine rings is 1. The van der Waals surface area contributed by atoms with Crippen molar-refractivity contribution in [3.8, 4) is 11.3 Å². The lowest BCUT2D eigenvalue weighted by Gasteiger charge is -2.07. The number of hydrogen-bond donors (Lipinski definition) is 1. The summed E-state index contributed by atoms with van der Waals surface area (Å²) in [4.78, 5) is 25.4. The summed E-state index contributed by atoms with van der Waals surface area (Å²) in [5.74, 6) is 0.653. The standard InChI is InChI=1S/C25H19N5O/c31-24-15-21(17-9-12-26-13-10-17)28-25-29(22-7-3-4-8-23(22)30(24)25)14-11-18-16-27-20-6-2-1-5-19(18)20/h1-10,12-13,15-16,27H,11,14H2. The van der Waals surface area contributed by atoms with Crippen LogP contribution in [-0.2, 0) is 13.0 Å². The van der Waals surface area contributed by atoms with Gasteiger partial charge in [-0.15, -0.1) is 0 Å². The molecule has 0 radical (unpaired) electrons. The van der Waals surface area contributed by atoms with Crippen molar-refractivity contribution in [1.82, 2.24) is 23.9 Å². The molecule has 0 unspecified atom stereocenters. The van der Waals surface area contributed by atoms with Gasteiger partial charge in [0.25, 0.3) is 5.56 Å². The molecule has 0 aliphatic carbocycles. The second kappa shape index (κ2) is 6.95. The third-order valence-corrected chi connectivity index (χ3v) is 5.81. The highest BCUT2D eigenvalue weighted by Gasteiger charge is 2.15. The maximum absolute atomic E-state index is 13.1. The molecule has 0 amide bonds. The number of para-hydroxylation sites is 3. The normalized spacial score (nSPS) is 11.6. The van der Waals surface area contributed by atoms with Crippen LogP contribution >= 0.6 is 0 Å². The lowest BCUT2D eigenvalue weighted by Crippen LogP contribution is -2.15. The van der Waals surface area contributed by atoms with Crippen molar-refractivity contribution in [2.75, 3.05) is 0 Å². The first-order chi connectivity index (χ1) is 15.3. The third kappa shape index (κ3) is 2.84. The number of fused-ring (bicyclic) bond motifs is 4. The van der Waals surface area contributed by atoms with E-state index in [2.05, 4.69) is 38.9 Å². The van der Waals surface area contributed by atoms with Crippen LogP contribution in [0.2, 0.25) is 0 Å². The fraction of sp³-hybridized carbons (Fsp3) is 0.0800. The van der Waals surface area contributed by atoms with Gasteiger partial charge in [-0.05, 0) is 42.3 Å². The van der Waals surface area contributed by atoms with Gasteiger partial charge in [-0.25, -0.2) is 9.38 Å². The number of benzene rings is 2. The van der Waals surface area contributed by atoms with Crippen LogP contribution in [0, 0.1) is 0 Å². The minimum absolute atomic E-state index is 0.0844. The first-order valence-corrected chi connectivity index (χ1v) is 10.3. The Balaban J connectivity index is 1.53. The first kappa shape index (κ1) is 17.7. The van der Waals surface area contributed by atoms with Gasteiger partial charge in [-0.2, -0.15) is 0 Å². The van der Waals surface area contributed by atoms with Gasteiger partial charge in [0.1, 0.15) is 0 Å². The summed E-state index contributed by atoms with van der Waals surface area (Å²) in [7, 11) is 0. The van der Waals surface area contributed by atoms with E-state index in [0.717, 1.165) is 28.5 Å². The van der Waals surface area contributed by atoms with Crippen LogP contribution in [0.15, 0.2) is 90.1 Å². The van der Waals surface area contributed by atoms with Crippen molar-refractivity contribution >= 4 is 27.7 Å². The van der Waals surface area contributed by atoms with Crippen LogP contribution in [-0.4, -0.2) is 23.9 Å². The number of hydrogen-bond acceptors (Lipinski definition) is 3. The zero-order valence-electron chi connectivity index (χ0n) is 16.7. The zero-order valence-corrected chi connectivity index (χ0v) is 16.7. The number of nitrogens with one attached hydrogen (secondary N) is 1. The van der Waals surface area contributed by atoms with Crippen LogP contribution in [0.25, 0.3) is 39.0 Å². The number of aryl methyl sites for hydroxylation is 2. The largest absolute Gasteiger partial charge is 0.361 e. The van der Waals surface area contributed by atoms with E-state index in [9.17, 15) is 4.79 Å². The number of H-pyrrole nitrogens is 1. The van der Waals surface area contributed by atoms with Crippen molar-refractivity contribution < 1.29 is 0 Å². The molecular formula is C25H19N5O. The Morgan fingerprint density at radius 2 is 1.68 bits per heavy atom. The maximum atomic E-state index is 13.1. The van der Waals surface area contributed by atoms with Crippen LogP contribution in [0.4, 0.5) is 0 Å². The molecule has 1 N–H and O–H groups in total. The smallest absolute Gasteiger partial charge is 0.260 e. The molecule has 0 saturated heterocycles. The summed E-state index contributed by atoms with van der Waals surface area (Å²) in [5, 5.41) is 1.23. The Morgan fingerprint density at radius 3 is 2.55 bits per heavy atom. The molecule has 0 aliphatic heterocycles. The van der Waals surface area contributed by atoms with Gasteiger partial charge in [0, 0.05) is 47.7 Å². The molecule has 6 aromatic rings. The van der Waals surface area contributed by atoms with Crippen LogP contribution in [0.5, 0.6) is 0 Å². The zero-order chi connectivity index (χ0) is 20.8. The molecule has 150 valence electrons. The Kier molecular flexibility index (Phi) is 3.96. The second-order valence-electron chi connectivity index (χ2n) is 7.60. The predicted octanol–water partition coefficient (Wildman–Crippen LogP) is 4.44. The highest BCUT2D eigenvalue weighted by Crippen LogP contribution is 2.24. The Hall–Kier alpha value is -4.19. The molecule has 0 atom stereocenters. The molecule has 31 heavy (non-hydrogen) atoms. The molecule has 4 heterocycles. The molecule has 6 rings (SSSR count). The highest BCUT2D eigenvalue weighted by atomic mass is 16.1. The molecular weight excluding hydrogens is 386 g/mol. The summed E-state index contributed by atoms with van der Waals surface area (Å²) in [6.07, 6.45) is 6.32. The molecule has 0 bridgehead atoms. The average Bonchev–Trinajstić information content (AvgIpc) is 3.37. The molecule has 6 heteroatoms. The lowest BCUT2D eigenvalue weighted by atomic mass is 10.1. The minimum atomic E-state index is -0.0844. The van der Waals surface area contributed by atoms with Crippen molar-refractivity contribution in [2.24, 2.45) is 0 Å². The van der Waals surface area contributed by atoms with Crippen LogP contribution in [0.1, 0.15) is 5.56 Å². The lowest BCUT2D eigenvalue weighted by molar-refractivity contribution is 0.730. The van der Waals surface area contributed by atoms with E-state index < -0.39 is 0 Å². The van der Waals surface area contributed by atoms with E-state index in [0.29, 0.717) is 18.0 Å². The number of imidazole rings is 1. The molecule has 6 nitrogen and oxygen atoms in total. The van der Waals surface area contributed by atoms with Gasteiger partial charge in [-0.1, -0.05) is 30.3 Å². The topological polar surface area (TPSA) is 68.0 Å². The number of nitrogens with zero attached hydrogens (tertiary/aromatic N) is 4. The van der Waals surface area contributed by atoms with E-state index in [4.69, 9.17) is 4.98 Å². The fourth-order valence-electron chi connectivity index (χ4n) is 4.33. The molecule has 2 aromatic carbocycles. The number of aromatic amines is 1. The highest BCUT2D eigenvalue weighted by molar-refractivity contribution is 5.83. The molecule has 0 saturated carbocycles. The van der Waals surface area contributed by atoms with E-state index in [1.54, 1.807) is 22.9 Å². The molecule has 0 spiro atoms. The SMILES string of the molecule is O=c1cc(-c2ccncc2)nc2n(CCc3c[nH]c4ccccc34)c3ccccc3n12. The molecule has 0 fully saturated rings. The fourth-order valence-corrected chi connectivity index (χ4v) is 4.33. The van der Waals surface area contributed by atoms with Crippen LogP contribution in [0.3, 0.4) is 0 Å². The third-order valence-electron chi connectivity index (χ3n) is 5.81. The quantitative estimate of drug-likeness (QED) is 0.472. The van der Waals surface area contributed by atoms with E-state index in [1.165, 1.54) is 10.9 Å². The van der Waals surface area contributed by atoms with Gasteiger partial charge in [0.15, 0.2) is 0 Å². The van der Waals surface area contributed by atoms with Gasteiger partial charge in [-0.3, -0.25) is 9.78 Å². The van der Waals surface area contributed by atoms with E-state index >= 15 is 0 Å². The summed E-state index contributed by atoms with van der Waals surface area (Å²) < 4.78 is 3.85. The summed E-state index contributed by atoms with van der Waals surface area (Å²) in [6.45, 7) is 0.713. The second-order valence-corrected chi connectivity index (χ2v) is 7.60. The number of rotatable bonds is 4. The van der Waals surface area contributed by atoms with Gasteiger partial charge in [0.2, 0.25) is 5.78 Å². The van der Waals surface area contributed by atoms with Gasteiger partial charge < -0.3 is 9.55 Å². The molecule has 0 aliphatic rings. The Labute approximate surface area is 177 Å². The van der Waals surface area contributed by atoms with Crippen molar-refractivity contribution in [2.45, 2.75) is 13.0 Å². The summed E-state index contributed by atoms with van der Waals surface area (Å²) in [5.41, 5.74) is 5.70. The minimum Gasteiger partial charge on any atom is -0.361 e. The Bertz CT molecular complexity index is 1610. The van der Waals surface area contributed by atoms with E-state index in [-0.39, 0.29) is 5.56 Å². The van der Waals surface area contributed by atoms with Crippen LogP contribution < -0.4 is 5.56 Å². The number of aromatic nitrogens is 5. The molecule has 4 aromatic heterocycles.